The van der Waals surface area contributed by atoms with E-state index in [1.165, 1.54) is 19.1 Å². The van der Waals surface area contributed by atoms with Gasteiger partial charge in [0.05, 0.1) is 18.6 Å². The van der Waals surface area contributed by atoms with E-state index in [1.54, 1.807) is 12.1 Å². The molecule has 0 fully saturated rings. The summed E-state index contributed by atoms with van der Waals surface area (Å²) in [5, 5.41) is 17.5. The summed E-state index contributed by atoms with van der Waals surface area (Å²) in [6.45, 7) is 1.34. The molecular formula is C19H14ClF3N4O2S. The van der Waals surface area contributed by atoms with Crippen LogP contribution < -0.4 is 5.73 Å². The van der Waals surface area contributed by atoms with Crippen LogP contribution >= 0.6 is 23.4 Å². The summed E-state index contributed by atoms with van der Waals surface area (Å²) in [6, 6.07) is 9.99. The maximum atomic E-state index is 13.0. The summed E-state index contributed by atoms with van der Waals surface area (Å²) in [5.74, 6) is -1.41. The smallest absolute Gasteiger partial charge is 0.390 e. The fraction of sp³-hybridized carbons (Fsp3) is 0.263. The van der Waals surface area contributed by atoms with E-state index >= 15 is 0 Å². The molecule has 1 unspecified atom stereocenters. The lowest BCUT2D eigenvalue weighted by Gasteiger charge is -2.19. The van der Waals surface area contributed by atoms with Crippen molar-refractivity contribution in [3.05, 3.63) is 40.4 Å². The number of hydrogen-bond acceptors (Lipinski definition) is 7. The van der Waals surface area contributed by atoms with Gasteiger partial charge in [0.1, 0.15) is 33.8 Å². The van der Waals surface area contributed by atoms with E-state index in [0.29, 0.717) is 11.8 Å². The molecule has 11 heteroatoms. The fourth-order valence-corrected chi connectivity index (χ4v) is 3.92. The van der Waals surface area contributed by atoms with Gasteiger partial charge in [-0.15, -0.1) is 0 Å². The Labute approximate surface area is 179 Å². The summed E-state index contributed by atoms with van der Waals surface area (Å²) < 4.78 is 43.7. The lowest BCUT2D eigenvalue weighted by atomic mass is 9.97. The maximum absolute atomic E-state index is 13.0. The topological polar surface area (TPSA) is 113 Å². The van der Waals surface area contributed by atoms with Crippen molar-refractivity contribution in [2.75, 3.05) is 12.3 Å². The predicted molar refractivity (Wildman–Crippen MR) is 105 cm³/mol. The summed E-state index contributed by atoms with van der Waals surface area (Å²) in [5.41, 5.74) is 5.81. The molecular weight excluding hydrogens is 441 g/mol. The summed E-state index contributed by atoms with van der Waals surface area (Å²) in [6.07, 6.45) is -6.16. The number of pyridine rings is 1. The third-order valence-corrected chi connectivity index (χ3v) is 5.27. The lowest BCUT2D eigenvalue weighted by Crippen LogP contribution is -2.27. The quantitative estimate of drug-likeness (QED) is 0.497. The molecule has 1 heterocycles. The monoisotopic (exact) mass is 454 g/mol. The number of nitrogens with zero attached hydrogens (tertiary/aromatic N) is 3. The van der Waals surface area contributed by atoms with Gasteiger partial charge >= 0.3 is 12.1 Å². The fourth-order valence-electron chi connectivity index (χ4n) is 2.57. The Kier molecular flexibility index (Phi) is 7.54. The zero-order valence-electron chi connectivity index (χ0n) is 15.5. The van der Waals surface area contributed by atoms with Crippen LogP contribution in [-0.4, -0.2) is 29.0 Å². The summed E-state index contributed by atoms with van der Waals surface area (Å²) in [7, 11) is 0. The predicted octanol–water partition coefficient (Wildman–Crippen LogP) is 4.70. The molecule has 1 atom stereocenters. The number of anilines is 1. The molecule has 6 nitrogen and oxygen atoms in total. The van der Waals surface area contributed by atoms with Crippen LogP contribution in [0.5, 0.6) is 0 Å². The molecule has 0 aliphatic rings. The third kappa shape index (κ3) is 5.35. The number of aromatic nitrogens is 1. The number of carbonyl (C=O) groups is 1. The lowest BCUT2D eigenvalue weighted by molar-refractivity contribution is -0.155. The zero-order valence-corrected chi connectivity index (χ0v) is 17.0. The second-order valence-electron chi connectivity index (χ2n) is 5.81. The van der Waals surface area contributed by atoms with Crippen LogP contribution in [0, 0.1) is 22.7 Å². The molecule has 0 aliphatic heterocycles. The first-order chi connectivity index (χ1) is 14.1. The van der Waals surface area contributed by atoms with Crippen LogP contribution in [0.15, 0.2) is 29.3 Å². The largest absolute Gasteiger partial charge is 0.465 e. The van der Waals surface area contributed by atoms with Crippen molar-refractivity contribution >= 4 is 35.1 Å². The Morgan fingerprint density at radius 1 is 1.30 bits per heavy atom. The molecule has 0 saturated carbocycles. The molecule has 2 aromatic rings. The molecule has 1 aromatic carbocycles. The maximum Gasteiger partial charge on any atom is 0.390 e. The second kappa shape index (κ2) is 9.70. The Morgan fingerprint density at radius 2 is 1.93 bits per heavy atom. The molecule has 2 rings (SSSR count). The molecule has 2 N–H and O–H groups in total. The number of carbonyl (C=O) groups excluding carboxylic acids is 1. The minimum absolute atomic E-state index is 0.0372. The van der Waals surface area contributed by atoms with Gasteiger partial charge in [-0.3, -0.25) is 4.79 Å². The number of nitriles is 2. The highest BCUT2D eigenvalue weighted by atomic mass is 35.5. The first-order valence-electron chi connectivity index (χ1n) is 8.41. The van der Waals surface area contributed by atoms with E-state index in [2.05, 4.69) is 4.98 Å². The van der Waals surface area contributed by atoms with Gasteiger partial charge in [0.15, 0.2) is 0 Å². The minimum atomic E-state index is -4.67. The van der Waals surface area contributed by atoms with Gasteiger partial charge in [-0.1, -0.05) is 41.6 Å². The number of benzene rings is 1. The number of esters is 1. The highest BCUT2D eigenvalue weighted by Crippen LogP contribution is 2.41. The van der Waals surface area contributed by atoms with E-state index in [0.717, 1.165) is 0 Å². The van der Waals surface area contributed by atoms with Crippen LogP contribution in [0.2, 0.25) is 5.02 Å². The normalized spacial score (nSPS) is 12.0. The summed E-state index contributed by atoms with van der Waals surface area (Å²) >= 11 is 6.60. The number of thioether (sulfide) groups is 1. The number of nitrogens with two attached hydrogens (primary N) is 1. The van der Waals surface area contributed by atoms with Crippen molar-refractivity contribution in [2.45, 2.75) is 29.8 Å². The number of halogens is 4. The molecule has 0 bridgehead atoms. The van der Waals surface area contributed by atoms with Gasteiger partial charge in [-0.05, 0) is 13.0 Å². The van der Waals surface area contributed by atoms with E-state index in [9.17, 15) is 28.5 Å². The number of ether oxygens (including phenoxy) is 1. The highest BCUT2D eigenvalue weighted by Gasteiger charge is 2.38. The molecule has 30 heavy (non-hydrogen) atoms. The van der Waals surface area contributed by atoms with Crippen molar-refractivity contribution < 1.29 is 22.7 Å². The van der Waals surface area contributed by atoms with Crippen LogP contribution in [0.4, 0.5) is 19.0 Å². The second-order valence-corrected chi connectivity index (χ2v) is 7.41. The molecule has 0 aliphatic carbocycles. The van der Waals surface area contributed by atoms with E-state index in [1.807, 2.05) is 12.1 Å². The third-order valence-electron chi connectivity index (χ3n) is 3.78. The Bertz CT molecular complexity index is 1050. The van der Waals surface area contributed by atoms with E-state index < -0.39 is 23.8 Å². The Morgan fingerprint density at radius 3 is 2.47 bits per heavy atom. The van der Waals surface area contributed by atoms with E-state index in [-0.39, 0.29) is 44.7 Å². The molecule has 0 radical (unpaired) electrons. The molecule has 0 spiro atoms. The summed E-state index contributed by atoms with van der Waals surface area (Å²) in [4.78, 5) is 16.0. The highest BCUT2D eigenvalue weighted by molar-refractivity contribution is 8.00. The minimum Gasteiger partial charge on any atom is -0.465 e. The van der Waals surface area contributed by atoms with Gasteiger partial charge in [-0.25, -0.2) is 4.98 Å². The van der Waals surface area contributed by atoms with Crippen molar-refractivity contribution in [1.82, 2.24) is 4.98 Å². The molecule has 156 valence electrons. The number of rotatable bonds is 6. The van der Waals surface area contributed by atoms with Crippen LogP contribution in [0.25, 0.3) is 11.1 Å². The molecule has 1 aromatic heterocycles. The van der Waals surface area contributed by atoms with Gasteiger partial charge < -0.3 is 10.5 Å². The Balaban J connectivity index is 2.69. The molecule has 0 amide bonds. The average molecular weight is 455 g/mol. The Hall–Kier alpha value is -2.95. The first-order valence-corrected chi connectivity index (χ1v) is 9.67. The van der Waals surface area contributed by atoms with Gasteiger partial charge in [0.25, 0.3) is 0 Å². The average Bonchev–Trinajstić information content (AvgIpc) is 2.66. The van der Waals surface area contributed by atoms with Gasteiger partial charge in [-0.2, -0.15) is 23.7 Å². The number of alkyl halides is 3. The van der Waals surface area contributed by atoms with Gasteiger partial charge in [0.2, 0.25) is 0 Å². The van der Waals surface area contributed by atoms with Crippen LogP contribution in [0.3, 0.4) is 0 Å². The van der Waals surface area contributed by atoms with Crippen molar-refractivity contribution in [3.8, 4) is 23.3 Å². The van der Waals surface area contributed by atoms with E-state index in [4.69, 9.17) is 22.1 Å². The zero-order chi connectivity index (χ0) is 22.5. The van der Waals surface area contributed by atoms with Crippen molar-refractivity contribution in [3.63, 3.8) is 0 Å². The first kappa shape index (κ1) is 23.3. The molecule has 0 saturated heterocycles. The van der Waals surface area contributed by atoms with Crippen LogP contribution in [-0.2, 0) is 9.53 Å². The van der Waals surface area contributed by atoms with Crippen LogP contribution in [0.1, 0.15) is 24.5 Å². The van der Waals surface area contributed by atoms with Crippen molar-refractivity contribution in [1.29, 1.82) is 10.5 Å². The standard InChI is InChI=1S/C19H14ClF3N4O2S/c1-2-29-18(28)14(7-19(21,22)23)30-17-12(9-25)15(11(8-24)16(26)27-17)10-5-3-4-6-13(10)20/h3-6,14H,2,7H2,1H3,(H2,26,27). The number of nitrogen functional groups attached to an aromatic ring is 1. The number of hydrogen-bond donors (Lipinski definition) is 1. The van der Waals surface area contributed by atoms with Gasteiger partial charge in [0, 0.05) is 16.1 Å². The van der Waals surface area contributed by atoms with Crippen molar-refractivity contribution in [2.24, 2.45) is 0 Å². The SMILES string of the molecule is CCOC(=O)C(CC(F)(F)F)Sc1nc(N)c(C#N)c(-c2ccccc2Cl)c1C#N.